The topological polar surface area (TPSA) is 89.7 Å². The Kier molecular flexibility index (Phi) is 4.15. The molecule has 1 aliphatic rings. The molecule has 0 aliphatic carbocycles. The van der Waals surface area contributed by atoms with Gasteiger partial charge in [0.05, 0.1) is 17.3 Å². The van der Waals surface area contributed by atoms with Crippen LogP contribution in [0.1, 0.15) is 5.56 Å². The average molecular weight is 367 g/mol. The number of fused-ring (bicyclic) bond motifs is 1. The highest BCUT2D eigenvalue weighted by Gasteiger charge is 2.37. The van der Waals surface area contributed by atoms with Gasteiger partial charge in [-0.1, -0.05) is 29.8 Å². The van der Waals surface area contributed by atoms with Gasteiger partial charge in [0.2, 0.25) is 0 Å². The molecule has 1 heterocycles. The van der Waals surface area contributed by atoms with E-state index in [4.69, 9.17) is 22.1 Å². The highest BCUT2D eigenvalue weighted by Crippen LogP contribution is 2.38. The summed E-state index contributed by atoms with van der Waals surface area (Å²) in [5, 5.41) is 0.120. The molecule has 0 spiro atoms. The van der Waals surface area contributed by atoms with Gasteiger partial charge in [0, 0.05) is 0 Å². The summed E-state index contributed by atoms with van der Waals surface area (Å²) in [5.74, 6) is -0.459. The maximum Gasteiger partial charge on any atom is 0.266 e. The van der Waals surface area contributed by atoms with E-state index in [0.717, 1.165) is 9.87 Å². The Morgan fingerprint density at radius 3 is 2.67 bits per heavy atom. The predicted octanol–water partition coefficient (Wildman–Crippen LogP) is 2.09. The number of nitrogens with zero attached hydrogens (tertiary/aromatic N) is 1. The minimum absolute atomic E-state index is 0.0327. The second kappa shape index (κ2) is 5.99. The lowest BCUT2D eigenvalue weighted by Crippen LogP contribution is -2.49. The molecule has 2 N–H and O–H groups in total. The van der Waals surface area contributed by atoms with Gasteiger partial charge in [0.25, 0.3) is 15.9 Å². The van der Waals surface area contributed by atoms with E-state index in [1.165, 1.54) is 6.07 Å². The molecule has 2 aromatic rings. The third kappa shape index (κ3) is 2.81. The van der Waals surface area contributed by atoms with E-state index < -0.39 is 22.0 Å². The molecule has 0 bridgehead atoms. The highest BCUT2D eigenvalue weighted by molar-refractivity contribution is 7.93. The number of halogens is 1. The van der Waals surface area contributed by atoms with Crippen molar-refractivity contribution in [3.8, 4) is 5.75 Å². The van der Waals surface area contributed by atoms with Gasteiger partial charge in [-0.2, -0.15) is 0 Å². The Balaban J connectivity index is 2.14. The summed E-state index contributed by atoms with van der Waals surface area (Å²) in [7, 11) is -3.98. The lowest BCUT2D eigenvalue weighted by Gasteiger charge is -2.34. The molecule has 0 aromatic heterocycles. The number of primary amides is 1. The molecule has 0 unspecified atom stereocenters. The van der Waals surface area contributed by atoms with Crippen LogP contribution in [0.3, 0.4) is 0 Å². The van der Waals surface area contributed by atoms with E-state index in [1.54, 1.807) is 36.4 Å². The summed E-state index contributed by atoms with van der Waals surface area (Å²) >= 11 is 6.13. The summed E-state index contributed by atoms with van der Waals surface area (Å²) in [6.45, 7) is 1.61. The predicted molar refractivity (Wildman–Crippen MR) is 90.8 cm³/mol. The number of carbonyl (C=O) groups excluding carboxylic acids is 1. The van der Waals surface area contributed by atoms with Crippen LogP contribution in [0.5, 0.6) is 5.75 Å². The molecule has 1 aliphatic heterocycles. The van der Waals surface area contributed by atoms with Gasteiger partial charge in [-0.05, 0) is 36.8 Å². The van der Waals surface area contributed by atoms with Crippen LogP contribution in [0, 0.1) is 6.92 Å². The van der Waals surface area contributed by atoms with E-state index in [9.17, 15) is 13.2 Å². The van der Waals surface area contributed by atoms with Crippen LogP contribution >= 0.6 is 11.6 Å². The van der Waals surface area contributed by atoms with Crippen molar-refractivity contribution in [3.63, 3.8) is 0 Å². The Morgan fingerprint density at radius 1 is 1.29 bits per heavy atom. The maximum atomic E-state index is 13.1. The smallest absolute Gasteiger partial charge is 0.266 e. The molecule has 6 nitrogen and oxygen atoms in total. The van der Waals surface area contributed by atoms with Crippen molar-refractivity contribution in [3.05, 3.63) is 53.1 Å². The van der Waals surface area contributed by atoms with Crippen molar-refractivity contribution < 1.29 is 17.9 Å². The largest absolute Gasteiger partial charge is 0.476 e. The van der Waals surface area contributed by atoms with Crippen molar-refractivity contribution in [1.29, 1.82) is 0 Å². The average Bonchev–Trinajstić information content (AvgIpc) is 2.53. The van der Waals surface area contributed by atoms with Gasteiger partial charge in [0.15, 0.2) is 6.10 Å². The fourth-order valence-corrected chi connectivity index (χ4v) is 4.56. The monoisotopic (exact) mass is 366 g/mol. The van der Waals surface area contributed by atoms with E-state index >= 15 is 0 Å². The number of nitrogens with two attached hydrogens (primary N) is 1. The number of sulfonamides is 1. The number of anilines is 1. The highest BCUT2D eigenvalue weighted by atomic mass is 35.5. The van der Waals surface area contributed by atoms with Gasteiger partial charge in [-0.3, -0.25) is 9.10 Å². The molecule has 1 amide bonds. The second-order valence-electron chi connectivity index (χ2n) is 5.45. The first kappa shape index (κ1) is 16.6. The minimum atomic E-state index is -3.98. The SMILES string of the molecule is Cc1ccc(S(=O)(=O)N2C[C@H](C(N)=O)Oc3ccccc32)c(Cl)c1. The van der Waals surface area contributed by atoms with Crippen molar-refractivity contribution in [2.45, 2.75) is 17.9 Å². The Morgan fingerprint density at radius 2 is 2.00 bits per heavy atom. The molecular formula is C16H15ClN2O4S. The van der Waals surface area contributed by atoms with Gasteiger partial charge in [0.1, 0.15) is 10.6 Å². The Labute approximate surface area is 144 Å². The van der Waals surface area contributed by atoms with Crippen molar-refractivity contribution >= 4 is 33.2 Å². The van der Waals surface area contributed by atoms with Crippen LogP contribution in [0.25, 0.3) is 0 Å². The van der Waals surface area contributed by atoms with Crippen LogP contribution in [-0.4, -0.2) is 27.0 Å². The van der Waals surface area contributed by atoms with Gasteiger partial charge >= 0.3 is 0 Å². The molecule has 0 radical (unpaired) electrons. The molecule has 126 valence electrons. The van der Waals surface area contributed by atoms with Gasteiger partial charge in [-0.25, -0.2) is 8.42 Å². The van der Waals surface area contributed by atoms with Crippen LogP contribution in [-0.2, 0) is 14.8 Å². The van der Waals surface area contributed by atoms with Crippen LogP contribution in [0.4, 0.5) is 5.69 Å². The zero-order valence-corrected chi connectivity index (χ0v) is 14.3. The van der Waals surface area contributed by atoms with Crippen LogP contribution in [0.2, 0.25) is 5.02 Å². The van der Waals surface area contributed by atoms with Gasteiger partial charge < -0.3 is 10.5 Å². The second-order valence-corrected chi connectivity index (χ2v) is 7.68. The molecule has 24 heavy (non-hydrogen) atoms. The number of para-hydroxylation sites is 2. The Hall–Kier alpha value is -2.25. The number of rotatable bonds is 3. The van der Waals surface area contributed by atoms with E-state index in [-0.39, 0.29) is 22.2 Å². The third-order valence-corrected chi connectivity index (χ3v) is 5.97. The molecular weight excluding hydrogens is 352 g/mol. The lowest BCUT2D eigenvalue weighted by molar-refractivity contribution is -0.124. The number of hydrogen-bond donors (Lipinski definition) is 1. The first-order valence-electron chi connectivity index (χ1n) is 7.14. The van der Waals surface area contributed by atoms with Crippen molar-refractivity contribution in [2.24, 2.45) is 5.73 Å². The Bertz CT molecular complexity index is 914. The molecule has 0 saturated carbocycles. The standard InChI is InChI=1S/C16H15ClN2O4S/c1-10-6-7-15(11(17)8-10)24(21,22)19-9-14(16(18)20)23-13-5-3-2-4-12(13)19/h2-8,14H,9H2,1H3,(H2,18,20)/t14-/m1/s1. The summed E-state index contributed by atoms with van der Waals surface area (Å²) in [5.41, 5.74) is 6.49. The van der Waals surface area contributed by atoms with Gasteiger partial charge in [-0.15, -0.1) is 0 Å². The first-order valence-corrected chi connectivity index (χ1v) is 8.96. The van der Waals surface area contributed by atoms with E-state index in [1.807, 2.05) is 6.92 Å². The van der Waals surface area contributed by atoms with Crippen LogP contribution < -0.4 is 14.8 Å². The maximum absolute atomic E-state index is 13.1. The number of aryl methyl sites for hydroxylation is 1. The molecule has 1 atom stereocenters. The van der Waals surface area contributed by atoms with Crippen molar-refractivity contribution in [2.75, 3.05) is 10.8 Å². The molecule has 0 fully saturated rings. The number of carbonyl (C=O) groups is 1. The first-order chi connectivity index (χ1) is 11.3. The molecule has 2 aromatic carbocycles. The molecule has 0 saturated heterocycles. The minimum Gasteiger partial charge on any atom is -0.476 e. The molecule has 3 rings (SSSR count). The third-order valence-electron chi connectivity index (χ3n) is 3.71. The zero-order valence-electron chi connectivity index (χ0n) is 12.8. The fourth-order valence-electron chi connectivity index (χ4n) is 2.51. The normalized spacial score (nSPS) is 17.1. The number of hydrogen-bond acceptors (Lipinski definition) is 4. The summed E-state index contributed by atoms with van der Waals surface area (Å²) in [4.78, 5) is 11.5. The van der Waals surface area contributed by atoms with Crippen molar-refractivity contribution in [1.82, 2.24) is 0 Å². The molecule has 8 heteroatoms. The fraction of sp³-hybridized carbons (Fsp3) is 0.188. The van der Waals surface area contributed by atoms with E-state index in [2.05, 4.69) is 0 Å². The van der Waals surface area contributed by atoms with Crippen LogP contribution in [0.15, 0.2) is 47.4 Å². The van der Waals surface area contributed by atoms with E-state index in [0.29, 0.717) is 5.69 Å². The quantitative estimate of drug-likeness (QED) is 0.900. The summed E-state index contributed by atoms with van der Waals surface area (Å²) in [6.07, 6.45) is -1.07. The number of amides is 1. The summed E-state index contributed by atoms with van der Waals surface area (Å²) < 4.78 is 32.8. The summed E-state index contributed by atoms with van der Waals surface area (Å²) in [6, 6.07) is 11.3. The number of benzene rings is 2. The lowest BCUT2D eigenvalue weighted by atomic mass is 10.2. The zero-order chi connectivity index (χ0) is 17.5. The number of ether oxygens (including phenoxy) is 1.